The summed E-state index contributed by atoms with van der Waals surface area (Å²) >= 11 is 0. The van der Waals surface area contributed by atoms with Crippen molar-refractivity contribution in [1.82, 2.24) is 20.0 Å². The first-order valence-electron chi connectivity index (χ1n) is 11.4. The lowest BCUT2D eigenvalue weighted by atomic mass is 10.0. The van der Waals surface area contributed by atoms with E-state index in [-0.39, 0.29) is 11.9 Å². The molecule has 0 aliphatic heterocycles. The van der Waals surface area contributed by atoms with Gasteiger partial charge >= 0.3 is 0 Å². The fraction of sp³-hybridized carbons (Fsp3) is 0.214. The average Bonchev–Trinajstić information content (AvgIpc) is 3.35. The van der Waals surface area contributed by atoms with Gasteiger partial charge in [-0.05, 0) is 50.0 Å². The number of nitrogens with zero attached hydrogens (tertiary/aromatic N) is 3. The molecule has 1 aromatic heterocycles. The summed E-state index contributed by atoms with van der Waals surface area (Å²) in [5, 5.41) is 7.90. The lowest BCUT2D eigenvalue weighted by Crippen LogP contribution is -2.34. The van der Waals surface area contributed by atoms with Crippen molar-refractivity contribution in [3.05, 3.63) is 96.2 Å². The van der Waals surface area contributed by atoms with Crippen molar-refractivity contribution in [2.75, 3.05) is 34.9 Å². The third-order valence-corrected chi connectivity index (χ3v) is 5.91. The molecule has 1 N–H and O–H groups in total. The molecule has 1 heterocycles. The molecule has 0 saturated carbocycles. The molecule has 1 unspecified atom stereocenters. The topological polar surface area (TPSA) is 68.6 Å². The van der Waals surface area contributed by atoms with Crippen molar-refractivity contribution >= 4 is 5.91 Å². The summed E-state index contributed by atoms with van der Waals surface area (Å²) in [5.74, 6) is 1.04. The molecule has 35 heavy (non-hydrogen) atoms. The van der Waals surface area contributed by atoms with Crippen molar-refractivity contribution in [2.24, 2.45) is 0 Å². The van der Waals surface area contributed by atoms with Gasteiger partial charge in [0.15, 0.2) is 0 Å². The van der Waals surface area contributed by atoms with Crippen molar-refractivity contribution in [1.29, 1.82) is 0 Å². The van der Waals surface area contributed by atoms with Gasteiger partial charge in [-0.2, -0.15) is 5.10 Å². The number of nitrogens with one attached hydrogen (secondary N) is 1. The van der Waals surface area contributed by atoms with Crippen molar-refractivity contribution < 1.29 is 14.3 Å². The van der Waals surface area contributed by atoms with Crippen LogP contribution < -0.4 is 14.8 Å². The number of hydrogen-bond donors (Lipinski definition) is 1. The van der Waals surface area contributed by atoms with Crippen molar-refractivity contribution in [2.45, 2.75) is 6.04 Å². The summed E-state index contributed by atoms with van der Waals surface area (Å²) in [7, 11) is 7.21. The van der Waals surface area contributed by atoms with Gasteiger partial charge in [0.2, 0.25) is 0 Å². The molecule has 0 bridgehead atoms. The first-order valence-corrected chi connectivity index (χ1v) is 11.4. The predicted octanol–water partition coefficient (Wildman–Crippen LogP) is 4.59. The van der Waals surface area contributed by atoms with Crippen molar-refractivity contribution in [3.63, 3.8) is 0 Å². The molecule has 0 spiro atoms. The SMILES string of the molecule is COc1ccc(OC)c(-c2nn(-c3ccccc3)cc2C(=O)NCC(c2ccccc2)N(C)C)c1. The number of rotatable bonds is 9. The molecule has 0 aliphatic rings. The second-order valence-corrected chi connectivity index (χ2v) is 8.34. The number of hydrogen-bond acceptors (Lipinski definition) is 5. The number of ether oxygens (including phenoxy) is 2. The largest absolute Gasteiger partial charge is 0.497 e. The zero-order chi connectivity index (χ0) is 24.8. The number of carbonyl (C=O) groups is 1. The van der Waals surface area contributed by atoms with E-state index in [4.69, 9.17) is 14.6 Å². The lowest BCUT2D eigenvalue weighted by Gasteiger charge is -2.25. The Hall–Kier alpha value is -4.10. The molecule has 7 heteroatoms. The van der Waals surface area contributed by atoms with Crippen LogP contribution in [0.25, 0.3) is 16.9 Å². The van der Waals surface area contributed by atoms with Crippen LogP contribution in [0.15, 0.2) is 85.1 Å². The molecule has 4 rings (SSSR count). The van der Waals surface area contributed by atoms with Gasteiger partial charge in [0.1, 0.15) is 17.2 Å². The Balaban J connectivity index is 1.72. The number of likely N-dealkylation sites (N-methyl/N-ethyl adjacent to an activating group) is 1. The van der Waals surface area contributed by atoms with E-state index in [2.05, 4.69) is 22.3 Å². The highest BCUT2D eigenvalue weighted by Gasteiger charge is 2.23. The van der Waals surface area contributed by atoms with E-state index in [1.54, 1.807) is 25.1 Å². The standard InChI is InChI=1S/C28H30N4O3/c1-31(2)25(20-11-7-5-8-12-20)18-29-28(33)24-19-32(21-13-9-6-10-14-21)30-27(24)23-17-22(34-3)15-16-26(23)35-4/h5-17,19,25H,18H2,1-4H3,(H,29,33). The zero-order valence-corrected chi connectivity index (χ0v) is 20.4. The number of para-hydroxylation sites is 1. The van der Waals surface area contributed by atoms with Crippen LogP contribution in [0.2, 0.25) is 0 Å². The fourth-order valence-corrected chi connectivity index (χ4v) is 4.01. The molecule has 1 atom stereocenters. The van der Waals surface area contributed by atoms with Gasteiger partial charge in [-0.25, -0.2) is 4.68 Å². The van der Waals surface area contributed by atoms with E-state index in [1.165, 1.54) is 0 Å². The maximum atomic E-state index is 13.5. The first-order chi connectivity index (χ1) is 17.0. The Bertz CT molecular complexity index is 1270. The third kappa shape index (κ3) is 5.36. The van der Waals surface area contributed by atoms with E-state index >= 15 is 0 Å². The first kappa shape index (κ1) is 24.0. The van der Waals surface area contributed by atoms with Crippen LogP contribution in [0.3, 0.4) is 0 Å². The minimum Gasteiger partial charge on any atom is -0.497 e. The number of methoxy groups -OCH3 is 2. The highest BCUT2D eigenvalue weighted by Crippen LogP contribution is 2.35. The van der Waals surface area contributed by atoms with Gasteiger partial charge < -0.3 is 19.7 Å². The smallest absolute Gasteiger partial charge is 0.255 e. The number of aromatic nitrogens is 2. The summed E-state index contributed by atoms with van der Waals surface area (Å²) in [6, 6.07) is 25.3. The Kier molecular flexibility index (Phi) is 7.48. The van der Waals surface area contributed by atoms with Gasteiger partial charge in [0, 0.05) is 18.3 Å². The molecule has 3 aromatic carbocycles. The molecule has 0 aliphatic carbocycles. The van der Waals surface area contributed by atoms with Crippen LogP contribution in [0.5, 0.6) is 11.5 Å². The summed E-state index contributed by atoms with van der Waals surface area (Å²) in [6.45, 7) is 0.445. The van der Waals surface area contributed by atoms with Crippen LogP contribution in [-0.2, 0) is 0 Å². The number of amides is 1. The molecule has 7 nitrogen and oxygen atoms in total. The van der Waals surface area contributed by atoms with Gasteiger partial charge in [-0.1, -0.05) is 48.5 Å². The molecule has 0 fully saturated rings. The van der Waals surface area contributed by atoms with E-state index in [0.717, 1.165) is 11.3 Å². The summed E-state index contributed by atoms with van der Waals surface area (Å²) in [6.07, 6.45) is 1.76. The van der Waals surface area contributed by atoms with Gasteiger partial charge in [0.25, 0.3) is 5.91 Å². The normalized spacial score (nSPS) is 11.8. The molecule has 0 saturated heterocycles. The van der Waals surface area contributed by atoms with Gasteiger partial charge in [-0.3, -0.25) is 4.79 Å². The van der Waals surface area contributed by atoms with Gasteiger partial charge in [0.05, 0.1) is 31.5 Å². The summed E-state index contributed by atoms with van der Waals surface area (Å²) < 4.78 is 12.7. The molecule has 180 valence electrons. The number of carbonyl (C=O) groups excluding carboxylic acids is 1. The monoisotopic (exact) mass is 470 g/mol. The summed E-state index contributed by atoms with van der Waals surface area (Å²) in [5.41, 5.74) is 3.63. The highest BCUT2D eigenvalue weighted by molar-refractivity contribution is 6.00. The Morgan fingerprint density at radius 2 is 1.66 bits per heavy atom. The lowest BCUT2D eigenvalue weighted by molar-refractivity contribution is 0.0942. The maximum Gasteiger partial charge on any atom is 0.255 e. The second kappa shape index (κ2) is 10.9. The van der Waals surface area contributed by atoms with Gasteiger partial charge in [-0.15, -0.1) is 0 Å². The van der Waals surface area contributed by atoms with Crippen LogP contribution in [0.4, 0.5) is 0 Å². The highest BCUT2D eigenvalue weighted by atomic mass is 16.5. The number of benzene rings is 3. The van der Waals surface area contributed by atoms with E-state index in [9.17, 15) is 4.79 Å². The zero-order valence-electron chi connectivity index (χ0n) is 20.4. The minimum atomic E-state index is -0.213. The summed E-state index contributed by atoms with van der Waals surface area (Å²) in [4.78, 5) is 15.6. The Morgan fingerprint density at radius 3 is 2.29 bits per heavy atom. The van der Waals surface area contributed by atoms with E-state index in [0.29, 0.717) is 34.9 Å². The van der Waals surface area contributed by atoms with Crippen LogP contribution in [0, 0.1) is 0 Å². The molecule has 4 aromatic rings. The van der Waals surface area contributed by atoms with Crippen LogP contribution in [0.1, 0.15) is 22.0 Å². The van der Waals surface area contributed by atoms with Crippen molar-refractivity contribution in [3.8, 4) is 28.4 Å². The maximum absolute atomic E-state index is 13.5. The fourth-order valence-electron chi connectivity index (χ4n) is 4.01. The molecule has 1 amide bonds. The molecular formula is C28H30N4O3. The van der Waals surface area contributed by atoms with Crippen LogP contribution >= 0.6 is 0 Å². The average molecular weight is 471 g/mol. The molecular weight excluding hydrogens is 440 g/mol. The Labute approximate surface area is 205 Å². The van der Waals surface area contributed by atoms with Crippen LogP contribution in [-0.4, -0.2) is 55.4 Å². The van der Waals surface area contributed by atoms with E-state index in [1.807, 2.05) is 80.8 Å². The Morgan fingerprint density at radius 1 is 0.971 bits per heavy atom. The quantitative estimate of drug-likeness (QED) is 0.388. The molecule has 0 radical (unpaired) electrons. The second-order valence-electron chi connectivity index (χ2n) is 8.34. The third-order valence-electron chi connectivity index (χ3n) is 5.91. The van der Waals surface area contributed by atoms with E-state index < -0.39 is 0 Å². The predicted molar refractivity (Wildman–Crippen MR) is 137 cm³/mol. The minimum absolute atomic E-state index is 0.0270.